The quantitative estimate of drug-likeness (QED) is 0.0257. The highest BCUT2D eigenvalue weighted by molar-refractivity contribution is 6.00. The molecule has 99 heavy (non-hydrogen) atoms. The van der Waals surface area contributed by atoms with E-state index < -0.39 is 212 Å². The summed E-state index contributed by atoms with van der Waals surface area (Å²) in [6.45, 7) is 6.91. The number of phenols is 2. The van der Waals surface area contributed by atoms with Crippen molar-refractivity contribution in [2.45, 2.75) is 172 Å². The molecule has 0 aliphatic heterocycles. The lowest BCUT2D eigenvalue weighted by atomic mass is 9.96. The van der Waals surface area contributed by atoms with Gasteiger partial charge in [-0.3, -0.25) is 62.3 Å². The van der Waals surface area contributed by atoms with Gasteiger partial charge in [0.1, 0.15) is 71.4 Å². The third kappa shape index (κ3) is 27.6. The van der Waals surface area contributed by atoms with Crippen LogP contribution in [-0.2, 0) is 86.4 Å². The number of phenolic OH excluding ortho intramolecular Hbond substituents is 2. The highest BCUT2D eigenvalue weighted by atomic mass is 16.4. The largest absolute Gasteiger partial charge is 0.508 e. The summed E-state index contributed by atoms with van der Waals surface area (Å²) < 4.78 is 0. The van der Waals surface area contributed by atoms with Crippen LogP contribution in [0.15, 0.2) is 78.9 Å². The fourth-order valence-corrected chi connectivity index (χ4v) is 9.58. The molecule has 0 bridgehead atoms. The van der Waals surface area contributed by atoms with E-state index >= 15 is 0 Å². The minimum Gasteiger partial charge on any atom is -0.508 e. The van der Waals surface area contributed by atoms with Crippen molar-refractivity contribution in [3.8, 4) is 11.5 Å². The Morgan fingerprint density at radius 2 is 0.859 bits per heavy atom. The first kappa shape index (κ1) is 82.9. The Balaban J connectivity index is 1.83. The van der Waals surface area contributed by atoms with Crippen LogP contribution < -0.4 is 63.8 Å². The zero-order valence-electron chi connectivity index (χ0n) is 56.1. The summed E-state index contributed by atoms with van der Waals surface area (Å²) in [6.07, 6.45) is -4.12. The van der Waals surface area contributed by atoms with E-state index in [0.29, 0.717) is 17.5 Å². The average molecular weight is 1390 g/mol. The molecule has 0 spiro atoms. The maximum Gasteiger partial charge on any atom is 0.326 e. The number of nitrogens with one attached hydrogen (secondary N) is 12. The second-order valence-corrected chi connectivity index (χ2v) is 24.2. The van der Waals surface area contributed by atoms with Crippen molar-refractivity contribution in [1.29, 1.82) is 0 Å². The molecule has 0 aliphatic carbocycles. The predicted molar refractivity (Wildman–Crippen MR) is 351 cm³/mol. The fraction of sp³-hybridized carbons (Fsp3) is 0.508. The van der Waals surface area contributed by atoms with E-state index in [-0.39, 0.29) is 36.3 Å². The Kier molecular flexibility index (Phi) is 33.8. The van der Waals surface area contributed by atoms with Crippen molar-refractivity contribution in [1.82, 2.24) is 63.8 Å². The number of benzene rings is 3. The van der Waals surface area contributed by atoms with Crippen LogP contribution in [0.3, 0.4) is 0 Å². The summed E-state index contributed by atoms with van der Waals surface area (Å²) in [6, 6.07) is 2.69. The lowest BCUT2D eigenvalue weighted by Crippen LogP contribution is -2.62. The third-order valence-electron chi connectivity index (χ3n) is 16.0. The molecule has 0 saturated carbocycles. The van der Waals surface area contributed by atoms with Gasteiger partial charge in [0.25, 0.3) is 0 Å². The molecule has 20 N–H and O–H groups in total. The molecule has 0 heterocycles. The number of carboxylic acids is 3. The molecule has 13 atom stereocenters. The van der Waals surface area contributed by atoms with E-state index in [1.807, 2.05) is 0 Å². The maximum absolute atomic E-state index is 14.4. The molecule has 34 nitrogen and oxygen atoms in total. The van der Waals surface area contributed by atoms with Crippen LogP contribution in [0.25, 0.3) is 0 Å². The van der Waals surface area contributed by atoms with Crippen LogP contribution in [-0.4, -0.2) is 223 Å². The van der Waals surface area contributed by atoms with Gasteiger partial charge in [0.15, 0.2) is 0 Å². The van der Waals surface area contributed by atoms with Gasteiger partial charge in [-0.15, -0.1) is 0 Å². The van der Waals surface area contributed by atoms with Gasteiger partial charge >= 0.3 is 17.9 Å². The van der Waals surface area contributed by atoms with Crippen molar-refractivity contribution in [3.05, 3.63) is 95.6 Å². The Morgan fingerprint density at radius 3 is 1.33 bits per heavy atom. The number of rotatable bonds is 42. The monoisotopic (exact) mass is 1390 g/mol. The van der Waals surface area contributed by atoms with Crippen LogP contribution in [0, 0.1) is 11.8 Å². The molecular weight excluding hydrogens is 1300 g/mol. The van der Waals surface area contributed by atoms with Gasteiger partial charge in [0.05, 0.1) is 38.3 Å². The molecule has 11 amide bonds. The van der Waals surface area contributed by atoms with Crippen molar-refractivity contribution in [2.24, 2.45) is 11.8 Å². The fourth-order valence-electron chi connectivity index (χ4n) is 9.58. The minimum atomic E-state index is -2.08. The van der Waals surface area contributed by atoms with Crippen molar-refractivity contribution >= 4 is 82.9 Å². The van der Waals surface area contributed by atoms with Gasteiger partial charge in [0, 0.05) is 19.3 Å². The lowest BCUT2D eigenvalue weighted by Gasteiger charge is -2.30. The van der Waals surface area contributed by atoms with E-state index in [0.717, 1.165) is 6.92 Å². The van der Waals surface area contributed by atoms with E-state index in [9.17, 15) is 108 Å². The first-order valence-electron chi connectivity index (χ1n) is 31.7. The third-order valence-corrected chi connectivity index (χ3v) is 16.0. The number of likely N-dealkylation sites (N-methyl/N-ethyl adjacent to an activating group) is 1. The van der Waals surface area contributed by atoms with Gasteiger partial charge in [-0.1, -0.05) is 95.1 Å². The molecule has 3 aromatic rings. The number of aliphatic hydroxyl groups excluding tert-OH is 3. The standard InChI is InChI=1S/C65H92N12O22/c1-9-33(3)51(61(95)72-46(31-78)58(92)69-45(29-50(86)87)56(90)68-43(28-38-18-22-40(82)23-19-38)55(89)71-47(32-79)59(93)76-52(63(97)98)34(4)10-2)75-57(91)44(27-36-14-12-11-13-15-36)70-62(96)53(35(5)80)74-48(83)30-67-54(88)41(24-25-49(84)85)73-64(99)65(6,7)77-60(94)42(66-8)26-37-16-20-39(81)21-17-37/h11-23,33-35,41-47,51-53,66,78-82H,9-10,24-32H2,1-8H3,(H,67,88)(H,68,90)(H,69,92)(H,70,96)(H,71,89)(H,72,95)(H,73,99)(H,74,83)(H,75,91)(H,76,93)(H,77,94)(H,84,85)(H,86,87)(H,97,98)/t33-,34-,35+,41-,42-,43-,44-,45-,46-,47-,51-,52-,53-/m0/s1. The summed E-state index contributed by atoms with van der Waals surface area (Å²) >= 11 is 0. The van der Waals surface area contributed by atoms with Crippen molar-refractivity contribution < 1.29 is 108 Å². The first-order valence-corrected chi connectivity index (χ1v) is 31.7. The Bertz CT molecular complexity index is 3280. The minimum absolute atomic E-state index is 0.00757. The Hall–Kier alpha value is -10.3. The number of hydrogen-bond acceptors (Lipinski definition) is 20. The van der Waals surface area contributed by atoms with Gasteiger partial charge in [-0.25, -0.2) is 4.79 Å². The smallest absolute Gasteiger partial charge is 0.326 e. The van der Waals surface area contributed by atoms with Gasteiger partial charge in [0.2, 0.25) is 65.0 Å². The summed E-state index contributed by atoms with van der Waals surface area (Å²) in [4.78, 5) is 188. The molecule has 34 heteroatoms. The molecule has 544 valence electrons. The molecule has 0 aromatic heterocycles. The number of aliphatic carboxylic acids is 3. The molecule has 0 saturated heterocycles. The highest BCUT2D eigenvalue weighted by Gasteiger charge is 2.39. The number of amides is 11. The molecule has 0 fully saturated rings. The topological polar surface area (TPSA) is 545 Å². The SMILES string of the molecule is CC[C@H](C)[C@H](NC(=O)[C@H](CO)NC(=O)[C@H](Cc1ccc(O)cc1)NC(=O)[C@H](CC(=O)O)NC(=O)[C@H](CO)NC(=O)[C@@H](NC(=O)[C@H](Cc1ccccc1)NC(=O)[C@@H](NC(=O)CNC(=O)[C@H](CCC(=O)O)NC(=O)C(C)(C)NC(=O)[C@H](Cc1ccc(O)cc1)NC)[C@@H](C)O)[C@@H](C)CC)C(=O)O. The molecular formula is C65H92N12O22. The summed E-state index contributed by atoms with van der Waals surface area (Å²) in [5.74, 6) is -18.0. The van der Waals surface area contributed by atoms with Crippen LogP contribution in [0.1, 0.15) is 97.3 Å². The van der Waals surface area contributed by atoms with Gasteiger partial charge in [-0.05, 0) is 93.5 Å². The molecule has 0 aliphatic rings. The number of hydrogen-bond donors (Lipinski definition) is 20. The molecule has 3 rings (SSSR count). The second kappa shape index (κ2) is 40.4. The van der Waals surface area contributed by atoms with Crippen LogP contribution in [0.4, 0.5) is 0 Å². The van der Waals surface area contributed by atoms with Crippen LogP contribution in [0.5, 0.6) is 11.5 Å². The van der Waals surface area contributed by atoms with Gasteiger partial charge in [-0.2, -0.15) is 0 Å². The second-order valence-electron chi connectivity index (χ2n) is 24.2. The van der Waals surface area contributed by atoms with Crippen LogP contribution in [0.2, 0.25) is 0 Å². The highest BCUT2D eigenvalue weighted by Crippen LogP contribution is 2.17. The van der Waals surface area contributed by atoms with Crippen molar-refractivity contribution in [2.75, 3.05) is 26.8 Å². The van der Waals surface area contributed by atoms with Crippen molar-refractivity contribution in [3.63, 3.8) is 0 Å². The maximum atomic E-state index is 14.4. The number of carbonyl (C=O) groups is 14. The van der Waals surface area contributed by atoms with E-state index in [4.69, 9.17) is 0 Å². The van der Waals surface area contributed by atoms with Crippen LogP contribution >= 0.6 is 0 Å². The normalized spacial score (nSPS) is 15.1. The molecule has 0 radical (unpaired) electrons. The number of carboxylic acid groups (broad SMARTS) is 3. The predicted octanol–water partition coefficient (Wildman–Crippen LogP) is -4.03. The molecule has 0 unspecified atom stereocenters. The Morgan fingerprint density at radius 1 is 0.444 bits per heavy atom. The number of aliphatic hydroxyl groups is 3. The number of carbonyl (C=O) groups excluding carboxylic acids is 11. The summed E-state index contributed by atoms with van der Waals surface area (Å²) in [5.41, 5.74) is -0.320. The Labute approximate surface area is 570 Å². The zero-order valence-corrected chi connectivity index (χ0v) is 56.1. The lowest BCUT2D eigenvalue weighted by molar-refractivity contribution is -0.144. The number of aromatic hydroxyl groups is 2. The van der Waals surface area contributed by atoms with E-state index in [1.165, 1.54) is 71.1 Å². The van der Waals surface area contributed by atoms with Gasteiger partial charge < -0.3 is 105 Å². The van der Waals surface area contributed by atoms with E-state index in [1.54, 1.807) is 56.3 Å². The van der Waals surface area contributed by atoms with E-state index in [2.05, 4.69) is 63.8 Å². The average Bonchev–Trinajstić information content (AvgIpc) is 0.862. The summed E-state index contributed by atoms with van der Waals surface area (Å²) in [5, 5.41) is 109. The molecule has 3 aromatic carbocycles. The first-order chi connectivity index (χ1) is 46.6. The summed E-state index contributed by atoms with van der Waals surface area (Å²) in [7, 11) is 1.51. The zero-order chi connectivity index (χ0) is 74.4.